The zero-order chi connectivity index (χ0) is 10.8. The van der Waals surface area contributed by atoms with Gasteiger partial charge >= 0.3 is 0 Å². The maximum absolute atomic E-state index is 5.84. The van der Waals surface area contributed by atoms with Gasteiger partial charge in [0.15, 0.2) is 0 Å². The van der Waals surface area contributed by atoms with Crippen LogP contribution in [0.5, 0.6) is 5.75 Å². The van der Waals surface area contributed by atoms with Gasteiger partial charge in [-0.3, -0.25) is 0 Å². The molecule has 0 aromatic heterocycles. The van der Waals surface area contributed by atoms with Gasteiger partial charge in [0.25, 0.3) is 0 Å². The van der Waals surface area contributed by atoms with E-state index in [4.69, 9.17) is 4.74 Å². The van der Waals surface area contributed by atoms with Crippen LogP contribution in [0, 0.1) is 5.92 Å². The molecule has 0 amide bonds. The number of ether oxygens (including phenoxy) is 1. The van der Waals surface area contributed by atoms with E-state index < -0.39 is 0 Å². The molecule has 3 rings (SSSR count). The van der Waals surface area contributed by atoms with E-state index in [2.05, 4.69) is 5.32 Å². The molecule has 3 heteroatoms. The summed E-state index contributed by atoms with van der Waals surface area (Å²) in [6.45, 7) is 0.888. The average Bonchev–Trinajstić information content (AvgIpc) is 2.67. The molecule has 0 saturated carbocycles. The van der Waals surface area contributed by atoms with Gasteiger partial charge in [-0.05, 0) is 43.7 Å². The van der Waals surface area contributed by atoms with Crippen LogP contribution in [-0.4, -0.2) is 18.7 Å². The minimum absolute atomic E-state index is 0. The van der Waals surface area contributed by atoms with Crippen LogP contribution in [0.1, 0.15) is 25.7 Å². The van der Waals surface area contributed by atoms with E-state index in [0.29, 0.717) is 0 Å². The van der Waals surface area contributed by atoms with Crippen molar-refractivity contribution in [1.82, 2.24) is 5.32 Å². The second kappa shape index (κ2) is 5.74. The van der Waals surface area contributed by atoms with E-state index in [1.165, 1.54) is 25.7 Å². The fourth-order valence-corrected chi connectivity index (χ4v) is 3.04. The highest BCUT2D eigenvalue weighted by molar-refractivity contribution is 5.85. The summed E-state index contributed by atoms with van der Waals surface area (Å²) >= 11 is 0. The van der Waals surface area contributed by atoms with Gasteiger partial charge in [0.2, 0.25) is 0 Å². The summed E-state index contributed by atoms with van der Waals surface area (Å²) in [5, 5.41) is 3.66. The molecular formula is C14H20ClNO. The highest BCUT2D eigenvalue weighted by atomic mass is 35.5. The Kier molecular flexibility index (Phi) is 4.30. The quantitative estimate of drug-likeness (QED) is 0.894. The summed E-state index contributed by atoms with van der Waals surface area (Å²) in [6, 6.07) is 11.7. The molecule has 2 bridgehead atoms. The maximum atomic E-state index is 5.84. The van der Waals surface area contributed by atoms with Crippen LogP contribution in [0.2, 0.25) is 0 Å². The molecule has 2 aliphatic heterocycles. The second-order valence-electron chi connectivity index (χ2n) is 5.10. The number of para-hydroxylation sites is 1. The Morgan fingerprint density at radius 2 is 1.71 bits per heavy atom. The Hall–Kier alpha value is -0.730. The first-order chi connectivity index (χ1) is 7.90. The molecule has 2 aliphatic rings. The molecule has 1 N–H and O–H groups in total. The molecule has 2 heterocycles. The minimum Gasteiger partial charge on any atom is -0.493 e. The number of halogens is 1. The Bertz CT molecular complexity index is 331. The lowest BCUT2D eigenvalue weighted by molar-refractivity contribution is 0.190. The lowest BCUT2D eigenvalue weighted by Gasteiger charge is -2.28. The summed E-state index contributed by atoms with van der Waals surface area (Å²) in [5.41, 5.74) is 0. The van der Waals surface area contributed by atoms with Crippen molar-refractivity contribution < 1.29 is 4.74 Å². The van der Waals surface area contributed by atoms with Crippen molar-refractivity contribution in [3.05, 3.63) is 30.3 Å². The van der Waals surface area contributed by atoms with Crippen LogP contribution < -0.4 is 10.1 Å². The molecule has 2 atom stereocenters. The highest BCUT2D eigenvalue weighted by Crippen LogP contribution is 2.31. The number of fused-ring (bicyclic) bond motifs is 2. The van der Waals surface area contributed by atoms with E-state index >= 15 is 0 Å². The number of nitrogens with one attached hydrogen (secondary N) is 1. The summed E-state index contributed by atoms with van der Waals surface area (Å²) in [5.74, 6) is 1.76. The van der Waals surface area contributed by atoms with Crippen molar-refractivity contribution in [2.45, 2.75) is 37.8 Å². The van der Waals surface area contributed by atoms with Crippen LogP contribution in [0.15, 0.2) is 30.3 Å². The normalized spacial score (nSPS) is 30.7. The molecule has 0 radical (unpaired) electrons. The summed E-state index contributed by atoms with van der Waals surface area (Å²) in [4.78, 5) is 0. The third-order valence-electron chi connectivity index (χ3n) is 3.80. The first kappa shape index (κ1) is 12.7. The third-order valence-corrected chi connectivity index (χ3v) is 3.80. The molecule has 2 fully saturated rings. The molecule has 1 aromatic carbocycles. The van der Waals surface area contributed by atoms with Gasteiger partial charge in [-0.1, -0.05) is 18.2 Å². The monoisotopic (exact) mass is 253 g/mol. The van der Waals surface area contributed by atoms with Crippen molar-refractivity contribution in [3.8, 4) is 5.75 Å². The van der Waals surface area contributed by atoms with E-state index in [1.807, 2.05) is 30.3 Å². The Morgan fingerprint density at radius 3 is 2.35 bits per heavy atom. The lowest BCUT2D eigenvalue weighted by Crippen LogP contribution is -2.39. The number of hydrogen-bond donors (Lipinski definition) is 1. The molecule has 1 aromatic rings. The average molecular weight is 254 g/mol. The predicted molar refractivity (Wildman–Crippen MR) is 71.9 cm³/mol. The van der Waals surface area contributed by atoms with Crippen molar-refractivity contribution in [1.29, 1.82) is 0 Å². The van der Waals surface area contributed by atoms with E-state index in [-0.39, 0.29) is 12.4 Å². The van der Waals surface area contributed by atoms with Gasteiger partial charge in [-0.25, -0.2) is 0 Å². The second-order valence-corrected chi connectivity index (χ2v) is 5.10. The predicted octanol–water partition coefficient (Wildman–Crippen LogP) is 3.02. The van der Waals surface area contributed by atoms with Gasteiger partial charge < -0.3 is 10.1 Å². The molecule has 0 spiro atoms. The fourth-order valence-electron chi connectivity index (χ4n) is 3.04. The number of piperidine rings is 1. The van der Waals surface area contributed by atoms with Gasteiger partial charge in [-0.15, -0.1) is 12.4 Å². The number of hydrogen-bond acceptors (Lipinski definition) is 2. The summed E-state index contributed by atoms with van der Waals surface area (Å²) < 4.78 is 5.84. The van der Waals surface area contributed by atoms with Crippen molar-refractivity contribution >= 4 is 12.4 Å². The lowest BCUT2D eigenvalue weighted by atomic mass is 9.93. The molecule has 0 aliphatic carbocycles. The fraction of sp³-hybridized carbons (Fsp3) is 0.571. The van der Waals surface area contributed by atoms with Gasteiger partial charge in [0.05, 0.1) is 6.61 Å². The largest absolute Gasteiger partial charge is 0.493 e. The Morgan fingerprint density at radius 1 is 1.06 bits per heavy atom. The zero-order valence-corrected chi connectivity index (χ0v) is 10.8. The van der Waals surface area contributed by atoms with Crippen LogP contribution in [0.3, 0.4) is 0 Å². The number of rotatable bonds is 3. The Labute approximate surface area is 109 Å². The molecule has 94 valence electrons. The summed E-state index contributed by atoms with van der Waals surface area (Å²) in [6.07, 6.45) is 5.33. The molecule has 2 unspecified atom stereocenters. The van der Waals surface area contributed by atoms with E-state index in [0.717, 1.165) is 30.4 Å². The van der Waals surface area contributed by atoms with Crippen molar-refractivity contribution in [2.75, 3.05) is 6.61 Å². The highest BCUT2D eigenvalue weighted by Gasteiger charge is 2.33. The van der Waals surface area contributed by atoms with Crippen LogP contribution >= 0.6 is 12.4 Å². The van der Waals surface area contributed by atoms with Crippen molar-refractivity contribution in [3.63, 3.8) is 0 Å². The van der Waals surface area contributed by atoms with Crippen LogP contribution in [0.4, 0.5) is 0 Å². The standard InChI is InChI=1S/C14H19NO.ClH/c1-2-4-14(5-3-1)16-10-11-8-12-6-7-13(9-11)15-12;/h1-5,11-13,15H,6-10H2;1H. The van der Waals surface area contributed by atoms with Gasteiger partial charge in [0, 0.05) is 12.1 Å². The van der Waals surface area contributed by atoms with E-state index in [1.54, 1.807) is 0 Å². The maximum Gasteiger partial charge on any atom is 0.119 e. The van der Waals surface area contributed by atoms with Gasteiger partial charge in [-0.2, -0.15) is 0 Å². The third kappa shape index (κ3) is 3.14. The van der Waals surface area contributed by atoms with E-state index in [9.17, 15) is 0 Å². The SMILES string of the molecule is Cl.c1ccc(OCC2CC3CCC(C2)N3)cc1. The summed E-state index contributed by atoms with van der Waals surface area (Å²) in [7, 11) is 0. The Balaban J connectivity index is 0.00000108. The molecule has 2 saturated heterocycles. The molecule has 17 heavy (non-hydrogen) atoms. The zero-order valence-electron chi connectivity index (χ0n) is 9.97. The first-order valence-electron chi connectivity index (χ1n) is 6.34. The van der Waals surface area contributed by atoms with Crippen molar-refractivity contribution in [2.24, 2.45) is 5.92 Å². The first-order valence-corrected chi connectivity index (χ1v) is 6.34. The van der Waals surface area contributed by atoms with Crippen LogP contribution in [0.25, 0.3) is 0 Å². The topological polar surface area (TPSA) is 21.3 Å². The smallest absolute Gasteiger partial charge is 0.119 e. The van der Waals surface area contributed by atoms with Crippen LogP contribution in [-0.2, 0) is 0 Å². The van der Waals surface area contributed by atoms with Gasteiger partial charge in [0.1, 0.15) is 5.75 Å². The minimum atomic E-state index is 0. The molecular weight excluding hydrogens is 234 g/mol. The molecule has 2 nitrogen and oxygen atoms in total. The number of benzene rings is 1.